The van der Waals surface area contributed by atoms with Crippen LogP contribution < -0.4 is 5.32 Å². The number of halogens is 2. The zero-order chi connectivity index (χ0) is 14.2. The van der Waals surface area contributed by atoms with E-state index in [9.17, 15) is 18.4 Å². The third kappa shape index (κ3) is 2.89. The maximum Gasteiger partial charge on any atom is 0.307 e. The first kappa shape index (κ1) is 13.5. The van der Waals surface area contributed by atoms with Crippen molar-refractivity contribution < 1.29 is 23.5 Å². The molecule has 4 nitrogen and oxygen atoms in total. The Bertz CT molecular complexity index is 533. The predicted molar refractivity (Wildman–Crippen MR) is 62.1 cm³/mol. The van der Waals surface area contributed by atoms with Crippen molar-refractivity contribution in [2.24, 2.45) is 11.8 Å². The number of aliphatic carboxylic acids is 1. The third-order valence-electron chi connectivity index (χ3n) is 3.23. The van der Waals surface area contributed by atoms with Crippen LogP contribution in [0.4, 0.5) is 8.78 Å². The maximum atomic E-state index is 13.5. The molecule has 1 aliphatic carbocycles. The Morgan fingerprint density at radius 1 is 1.37 bits per heavy atom. The summed E-state index contributed by atoms with van der Waals surface area (Å²) in [6.45, 7) is 1.56. The molecule has 0 heterocycles. The molecule has 1 fully saturated rings. The normalized spacial score (nSPS) is 22.7. The Morgan fingerprint density at radius 2 is 2.05 bits per heavy atom. The van der Waals surface area contributed by atoms with Crippen LogP contribution in [0.25, 0.3) is 0 Å². The number of rotatable bonds is 4. The van der Waals surface area contributed by atoms with Gasteiger partial charge in [-0.1, -0.05) is 6.07 Å². The number of carbonyl (C=O) groups excluding carboxylic acids is 1. The highest BCUT2D eigenvalue weighted by Crippen LogP contribution is 2.39. The molecule has 102 valence electrons. The highest BCUT2D eigenvalue weighted by Gasteiger charge is 2.48. The lowest BCUT2D eigenvalue weighted by Gasteiger charge is -2.15. The molecular weight excluding hydrogens is 256 g/mol. The van der Waals surface area contributed by atoms with E-state index in [1.165, 1.54) is 6.07 Å². The molecule has 1 aliphatic rings. The van der Waals surface area contributed by atoms with Gasteiger partial charge in [0, 0.05) is 11.6 Å². The van der Waals surface area contributed by atoms with Crippen molar-refractivity contribution in [3.63, 3.8) is 0 Å². The minimum atomic E-state index is -0.999. The minimum absolute atomic E-state index is 0.169. The van der Waals surface area contributed by atoms with Crippen LogP contribution in [0.2, 0.25) is 0 Å². The fourth-order valence-corrected chi connectivity index (χ4v) is 2.01. The summed E-state index contributed by atoms with van der Waals surface area (Å²) in [4.78, 5) is 22.4. The number of hydrogen-bond donors (Lipinski definition) is 2. The van der Waals surface area contributed by atoms with Crippen molar-refractivity contribution in [3.05, 3.63) is 35.4 Å². The van der Waals surface area contributed by atoms with Crippen LogP contribution >= 0.6 is 0 Å². The van der Waals surface area contributed by atoms with Gasteiger partial charge < -0.3 is 10.4 Å². The van der Waals surface area contributed by atoms with E-state index in [2.05, 4.69) is 5.32 Å². The average Bonchev–Trinajstić information content (AvgIpc) is 3.08. The summed E-state index contributed by atoms with van der Waals surface area (Å²) in [5.41, 5.74) is 0.169. The number of benzene rings is 1. The summed E-state index contributed by atoms with van der Waals surface area (Å²) in [5.74, 6) is -4.04. The SMILES string of the molecule is C[C@H](NC(=O)[C@H]1C[C@@H]1C(=O)O)c1ccc(F)cc1F. The predicted octanol–water partition coefficient (Wildman–Crippen LogP) is 1.86. The van der Waals surface area contributed by atoms with Gasteiger partial charge >= 0.3 is 5.97 Å². The topological polar surface area (TPSA) is 66.4 Å². The zero-order valence-electron chi connectivity index (χ0n) is 10.2. The molecular formula is C13H13F2NO3. The molecule has 0 aliphatic heterocycles. The molecule has 0 aromatic heterocycles. The lowest BCUT2D eigenvalue weighted by atomic mass is 10.1. The van der Waals surface area contributed by atoms with Gasteiger partial charge in [-0.15, -0.1) is 0 Å². The standard InChI is InChI=1S/C13H13F2NO3/c1-6(8-3-2-7(14)4-11(8)15)16-12(17)9-5-10(9)13(18)19/h2-4,6,9-10H,5H2,1H3,(H,16,17)(H,18,19)/t6-,9-,10-/m0/s1. The van der Waals surface area contributed by atoms with Crippen LogP contribution in [0.1, 0.15) is 24.9 Å². The smallest absolute Gasteiger partial charge is 0.307 e. The van der Waals surface area contributed by atoms with Gasteiger partial charge in [0.15, 0.2) is 0 Å². The Kier molecular flexibility index (Phi) is 3.50. The summed E-state index contributed by atoms with van der Waals surface area (Å²) in [7, 11) is 0. The summed E-state index contributed by atoms with van der Waals surface area (Å²) >= 11 is 0. The van der Waals surface area contributed by atoms with Gasteiger partial charge in [0.05, 0.1) is 17.9 Å². The molecule has 1 aromatic rings. The first-order valence-electron chi connectivity index (χ1n) is 5.88. The van der Waals surface area contributed by atoms with Crippen molar-refractivity contribution in [2.75, 3.05) is 0 Å². The molecule has 1 saturated carbocycles. The number of carboxylic acid groups (broad SMARTS) is 1. The Hall–Kier alpha value is -1.98. The van der Waals surface area contributed by atoms with Gasteiger partial charge in [-0.2, -0.15) is 0 Å². The fraction of sp³-hybridized carbons (Fsp3) is 0.385. The number of nitrogens with one attached hydrogen (secondary N) is 1. The highest BCUT2D eigenvalue weighted by atomic mass is 19.1. The zero-order valence-corrected chi connectivity index (χ0v) is 10.2. The van der Waals surface area contributed by atoms with E-state index in [-0.39, 0.29) is 5.56 Å². The first-order chi connectivity index (χ1) is 8.90. The van der Waals surface area contributed by atoms with Crippen molar-refractivity contribution >= 4 is 11.9 Å². The van der Waals surface area contributed by atoms with Gasteiger partial charge in [0.1, 0.15) is 11.6 Å². The lowest BCUT2D eigenvalue weighted by molar-refractivity contribution is -0.140. The Morgan fingerprint density at radius 3 is 2.58 bits per heavy atom. The first-order valence-corrected chi connectivity index (χ1v) is 5.88. The molecule has 6 heteroatoms. The van der Waals surface area contributed by atoms with E-state index >= 15 is 0 Å². The number of amides is 1. The highest BCUT2D eigenvalue weighted by molar-refractivity contribution is 5.89. The Labute approximate surface area is 108 Å². The van der Waals surface area contributed by atoms with Crippen LogP contribution in [0.15, 0.2) is 18.2 Å². The van der Waals surface area contributed by atoms with E-state index in [1.54, 1.807) is 6.92 Å². The molecule has 0 spiro atoms. The minimum Gasteiger partial charge on any atom is -0.481 e. The molecule has 0 radical (unpaired) electrons. The molecule has 0 saturated heterocycles. The van der Waals surface area contributed by atoms with Gasteiger partial charge in [0.2, 0.25) is 5.91 Å². The molecule has 1 amide bonds. The second-order valence-electron chi connectivity index (χ2n) is 4.68. The monoisotopic (exact) mass is 269 g/mol. The quantitative estimate of drug-likeness (QED) is 0.876. The van der Waals surface area contributed by atoms with Crippen LogP contribution in [0.5, 0.6) is 0 Å². The number of hydrogen-bond acceptors (Lipinski definition) is 2. The van der Waals surface area contributed by atoms with Gasteiger partial charge in [-0.3, -0.25) is 9.59 Å². The van der Waals surface area contributed by atoms with Crippen LogP contribution in [-0.4, -0.2) is 17.0 Å². The van der Waals surface area contributed by atoms with E-state index in [1.807, 2.05) is 0 Å². The summed E-state index contributed by atoms with van der Waals surface area (Å²) in [6.07, 6.45) is 0.305. The average molecular weight is 269 g/mol. The van der Waals surface area contributed by atoms with E-state index in [0.717, 1.165) is 12.1 Å². The van der Waals surface area contributed by atoms with Crippen LogP contribution in [0.3, 0.4) is 0 Å². The van der Waals surface area contributed by atoms with E-state index in [4.69, 9.17) is 5.11 Å². The molecule has 2 rings (SSSR count). The molecule has 2 N–H and O–H groups in total. The van der Waals surface area contributed by atoms with Gasteiger partial charge in [-0.25, -0.2) is 8.78 Å². The number of carbonyl (C=O) groups is 2. The van der Waals surface area contributed by atoms with Crippen LogP contribution in [0, 0.1) is 23.5 Å². The lowest BCUT2D eigenvalue weighted by Crippen LogP contribution is -2.29. The van der Waals surface area contributed by atoms with Crippen LogP contribution in [-0.2, 0) is 9.59 Å². The molecule has 19 heavy (non-hydrogen) atoms. The largest absolute Gasteiger partial charge is 0.481 e. The summed E-state index contributed by atoms with van der Waals surface area (Å²) in [5, 5.41) is 11.3. The Balaban J connectivity index is 2.00. The summed E-state index contributed by atoms with van der Waals surface area (Å²) < 4.78 is 26.2. The van der Waals surface area contributed by atoms with Gasteiger partial charge in [-0.05, 0) is 19.4 Å². The number of carboxylic acids is 1. The van der Waals surface area contributed by atoms with Crippen molar-refractivity contribution in [3.8, 4) is 0 Å². The second kappa shape index (κ2) is 4.95. The van der Waals surface area contributed by atoms with E-state index in [0.29, 0.717) is 6.42 Å². The maximum absolute atomic E-state index is 13.5. The summed E-state index contributed by atoms with van der Waals surface area (Å²) in [6, 6.07) is 2.48. The fourth-order valence-electron chi connectivity index (χ4n) is 2.01. The third-order valence-corrected chi connectivity index (χ3v) is 3.23. The molecule has 0 unspecified atom stereocenters. The van der Waals surface area contributed by atoms with Crippen molar-refractivity contribution in [1.82, 2.24) is 5.32 Å². The van der Waals surface area contributed by atoms with Gasteiger partial charge in [0.25, 0.3) is 0 Å². The molecule has 1 aromatic carbocycles. The second-order valence-corrected chi connectivity index (χ2v) is 4.68. The van der Waals surface area contributed by atoms with Crippen molar-refractivity contribution in [1.29, 1.82) is 0 Å². The van der Waals surface area contributed by atoms with E-state index < -0.39 is 41.4 Å². The van der Waals surface area contributed by atoms with Crippen molar-refractivity contribution in [2.45, 2.75) is 19.4 Å². The molecule has 0 bridgehead atoms. The molecule has 3 atom stereocenters.